The first kappa shape index (κ1) is 14.6. The molecule has 1 unspecified atom stereocenters. The van der Waals surface area contributed by atoms with Crippen molar-refractivity contribution in [1.29, 1.82) is 0 Å². The molecule has 2 heterocycles. The first-order chi connectivity index (χ1) is 9.67. The number of pyridine rings is 1. The lowest BCUT2D eigenvalue weighted by molar-refractivity contribution is 0.0526. The number of esters is 1. The summed E-state index contributed by atoms with van der Waals surface area (Å²) >= 11 is 0. The van der Waals surface area contributed by atoms with Crippen LogP contribution in [0.2, 0.25) is 0 Å². The van der Waals surface area contributed by atoms with Crippen molar-refractivity contribution in [3.8, 4) is 0 Å². The zero-order valence-corrected chi connectivity index (χ0v) is 11.7. The first-order valence-electron chi connectivity index (χ1n) is 6.97. The number of nitrogens with two attached hydrogens (primary N) is 1. The maximum atomic E-state index is 12.0. The third-order valence-electron chi connectivity index (χ3n) is 3.49. The van der Waals surface area contributed by atoms with E-state index in [0.717, 1.165) is 25.8 Å². The summed E-state index contributed by atoms with van der Waals surface area (Å²) in [5, 5.41) is 9.50. The molecule has 1 atom stereocenters. The quantitative estimate of drug-likeness (QED) is 0.805. The number of hydrogen-bond acceptors (Lipinski definition) is 6. The lowest BCUT2D eigenvalue weighted by Crippen LogP contribution is -2.43. The Morgan fingerprint density at radius 2 is 2.40 bits per heavy atom. The second-order valence-electron chi connectivity index (χ2n) is 4.89. The maximum absolute atomic E-state index is 12.0. The molecule has 6 heteroatoms. The molecule has 6 nitrogen and oxygen atoms in total. The Labute approximate surface area is 118 Å². The van der Waals surface area contributed by atoms with E-state index in [-0.39, 0.29) is 12.6 Å². The number of carbonyl (C=O) groups is 1. The summed E-state index contributed by atoms with van der Waals surface area (Å²) in [4.78, 5) is 18.3. The molecule has 2 rings (SSSR count). The van der Waals surface area contributed by atoms with Crippen molar-refractivity contribution < 1.29 is 14.6 Å². The van der Waals surface area contributed by atoms with Gasteiger partial charge in [0.2, 0.25) is 0 Å². The normalized spacial score (nSPS) is 18.9. The monoisotopic (exact) mass is 279 g/mol. The van der Waals surface area contributed by atoms with E-state index >= 15 is 0 Å². The molecule has 0 saturated carbocycles. The van der Waals surface area contributed by atoms with Crippen LogP contribution in [0.5, 0.6) is 0 Å². The zero-order valence-electron chi connectivity index (χ0n) is 11.7. The van der Waals surface area contributed by atoms with Gasteiger partial charge in [-0.25, -0.2) is 9.78 Å². The fourth-order valence-corrected chi connectivity index (χ4v) is 2.53. The van der Waals surface area contributed by atoms with Gasteiger partial charge < -0.3 is 20.5 Å². The molecule has 1 aliphatic rings. The van der Waals surface area contributed by atoms with Crippen molar-refractivity contribution in [2.24, 2.45) is 0 Å². The van der Waals surface area contributed by atoms with E-state index in [2.05, 4.69) is 4.98 Å². The molecule has 110 valence electrons. The summed E-state index contributed by atoms with van der Waals surface area (Å²) < 4.78 is 5.06. The SMILES string of the molecule is CCOC(=O)c1cc(N)cnc1N1CCCCC1CO. The number of nitrogen functional groups attached to an aromatic ring is 1. The van der Waals surface area contributed by atoms with Gasteiger partial charge in [-0.15, -0.1) is 0 Å². The van der Waals surface area contributed by atoms with Gasteiger partial charge >= 0.3 is 5.97 Å². The Kier molecular flexibility index (Phi) is 4.79. The highest BCUT2D eigenvalue weighted by Crippen LogP contribution is 2.27. The van der Waals surface area contributed by atoms with Gasteiger partial charge in [-0.3, -0.25) is 0 Å². The molecule has 1 saturated heterocycles. The van der Waals surface area contributed by atoms with Crippen molar-refractivity contribution in [2.75, 3.05) is 30.4 Å². The Balaban J connectivity index is 2.36. The molecule has 0 radical (unpaired) electrons. The molecule has 0 aliphatic carbocycles. The maximum Gasteiger partial charge on any atom is 0.341 e. The molecule has 1 aromatic rings. The number of aliphatic hydroxyl groups is 1. The molecule has 0 spiro atoms. The number of aliphatic hydroxyl groups excluding tert-OH is 1. The smallest absolute Gasteiger partial charge is 0.341 e. The highest BCUT2D eigenvalue weighted by molar-refractivity contribution is 5.95. The lowest BCUT2D eigenvalue weighted by atomic mass is 10.0. The van der Waals surface area contributed by atoms with Gasteiger partial charge in [0.05, 0.1) is 31.1 Å². The molecule has 0 bridgehead atoms. The molecule has 0 aromatic carbocycles. The van der Waals surface area contributed by atoms with Crippen molar-refractivity contribution in [2.45, 2.75) is 32.2 Å². The minimum atomic E-state index is -0.426. The number of nitrogens with zero attached hydrogens (tertiary/aromatic N) is 2. The van der Waals surface area contributed by atoms with Crippen molar-refractivity contribution >= 4 is 17.5 Å². The summed E-state index contributed by atoms with van der Waals surface area (Å²) in [5.74, 6) is 0.126. The highest BCUT2D eigenvalue weighted by Gasteiger charge is 2.27. The number of anilines is 2. The van der Waals surface area contributed by atoms with Crippen LogP contribution in [0.15, 0.2) is 12.3 Å². The third-order valence-corrected chi connectivity index (χ3v) is 3.49. The van der Waals surface area contributed by atoms with Gasteiger partial charge in [0.1, 0.15) is 11.4 Å². The zero-order chi connectivity index (χ0) is 14.5. The highest BCUT2D eigenvalue weighted by atomic mass is 16.5. The number of hydrogen-bond donors (Lipinski definition) is 2. The van der Waals surface area contributed by atoms with Crippen LogP contribution in [0, 0.1) is 0 Å². The van der Waals surface area contributed by atoms with Crippen molar-refractivity contribution in [1.82, 2.24) is 4.98 Å². The minimum Gasteiger partial charge on any atom is -0.462 e. The van der Waals surface area contributed by atoms with Crippen LogP contribution in [-0.4, -0.2) is 41.9 Å². The molecule has 0 amide bonds. The second-order valence-corrected chi connectivity index (χ2v) is 4.89. The lowest BCUT2D eigenvalue weighted by Gasteiger charge is -2.36. The molecule has 1 fully saturated rings. The van der Waals surface area contributed by atoms with Crippen LogP contribution in [0.3, 0.4) is 0 Å². The standard InChI is InChI=1S/C14H21N3O3/c1-2-20-14(19)12-7-10(15)8-16-13(12)17-6-4-3-5-11(17)9-18/h7-8,11,18H,2-6,9,15H2,1H3. The van der Waals surface area contributed by atoms with Gasteiger partial charge in [0.15, 0.2) is 0 Å². The molecular formula is C14H21N3O3. The van der Waals surface area contributed by atoms with E-state index in [1.165, 1.54) is 6.20 Å². The molecule has 1 aliphatic heterocycles. The average molecular weight is 279 g/mol. The summed E-state index contributed by atoms with van der Waals surface area (Å²) in [7, 11) is 0. The van der Waals surface area contributed by atoms with E-state index in [9.17, 15) is 9.90 Å². The second kappa shape index (κ2) is 6.56. The van der Waals surface area contributed by atoms with Crippen LogP contribution in [0.1, 0.15) is 36.5 Å². The van der Waals surface area contributed by atoms with Gasteiger partial charge in [-0.05, 0) is 32.3 Å². The number of ether oxygens (including phenoxy) is 1. The van der Waals surface area contributed by atoms with E-state index in [1.807, 2.05) is 4.90 Å². The number of carbonyl (C=O) groups excluding carboxylic acids is 1. The van der Waals surface area contributed by atoms with Crippen LogP contribution in [0.25, 0.3) is 0 Å². The fourth-order valence-electron chi connectivity index (χ4n) is 2.53. The van der Waals surface area contributed by atoms with Gasteiger partial charge in [-0.2, -0.15) is 0 Å². The third kappa shape index (κ3) is 3.01. The van der Waals surface area contributed by atoms with Crippen molar-refractivity contribution in [3.63, 3.8) is 0 Å². The van der Waals surface area contributed by atoms with E-state index in [4.69, 9.17) is 10.5 Å². The van der Waals surface area contributed by atoms with Crippen molar-refractivity contribution in [3.05, 3.63) is 17.8 Å². The fraction of sp³-hybridized carbons (Fsp3) is 0.571. The Morgan fingerprint density at radius 1 is 1.60 bits per heavy atom. The topological polar surface area (TPSA) is 88.7 Å². The van der Waals surface area contributed by atoms with Gasteiger partial charge in [-0.1, -0.05) is 0 Å². The van der Waals surface area contributed by atoms with Gasteiger partial charge in [0, 0.05) is 6.54 Å². The van der Waals surface area contributed by atoms with Crippen LogP contribution < -0.4 is 10.6 Å². The summed E-state index contributed by atoms with van der Waals surface area (Å²) in [6.07, 6.45) is 4.52. The van der Waals surface area contributed by atoms with E-state index in [0.29, 0.717) is 23.7 Å². The van der Waals surface area contributed by atoms with Crippen LogP contribution in [-0.2, 0) is 4.74 Å². The molecule has 1 aromatic heterocycles. The predicted molar refractivity (Wildman–Crippen MR) is 76.7 cm³/mol. The number of aromatic nitrogens is 1. The summed E-state index contributed by atoms with van der Waals surface area (Å²) in [5.41, 5.74) is 6.51. The molecule has 3 N–H and O–H groups in total. The van der Waals surface area contributed by atoms with E-state index in [1.54, 1.807) is 13.0 Å². The van der Waals surface area contributed by atoms with Crippen LogP contribution in [0.4, 0.5) is 11.5 Å². The molecular weight excluding hydrogens is 258 g/mol. The number of rotatable bonds is 4. The Hall–Kier alpha value is -1.82. The average Bonchev–Trinajstić information content (AvgIpc) is 2.47. The summed E-state index contributed by atoms with van der Waals surface area (Å²) in [6, 6.07) is 1.58. The largest absolute Gasteiger partial charge is 0.462 e. The Morgan fingerprint density at radius 3 is 3.10 bits per heavy atom. The van der Waals surface area contributed by atoms with Crippen LogP contribution >= 0.6 is 0 Å². The predicted octanol–water partition coefficient (Wildman–Crippen LogP) is 1.19. The Bertz CT molecular complexity index is 479. The first-order valence-corrected chi connectivity index (χ1v) is 6.97. The minimum absolute atomic E-state index is 0.00643. The van der Waals surface area contributed by atoms with Gasteiger partial charge in [0.25, 0.3) is 0 Å². The van der Waals surface area contributed by atoms with E-state index < -0.39 is 5.97 Å². The molecule has 20 heavy (non-hydrogen) atoms. The number of piperidine rings is 1. The summed E-state index contributed by atoms with van der Waals surface area (Å²) in [6.45, 7) is 2.88.